The van der Waals surface area contributed by atoms with E-state index in [1.54, 1.807) is 0 Å². The van der Waals surface area contributed by atoms with Gasteiger partial charge in [0.05, 0.1) is 0 Å². The molecule has 6 aromatic carbocycles. The van der Waals surface area contributed by atoms with Crippen molar-refractivity contribution in [1.29, 1.82) is 0 Å². The van der Waals surface area contributed by atoms with Crippen LogP contribution in [0.2, 0.25) is 0 Å². The molecule has 0 saturated heterocycles. The molecule has 0 aromatic heterocycles. The molecule has 0 fully saturated rings. The summed E-state index contributed by atoms with van der Waals surface area (Å²) in [6, 6.07) is 31.5. The lowest BCUT2D eigenvalue weighted by atomic mass is 9.82. The van der Waals surface area contributed by atoms with Gasteiger partial charge in [0.2, 0.25) is 0 Å². The van der Waals surface area contributed by atoms with Gasteiger partial charge in [-0.05, 0) is 143 Å². The monoisotopic (exact) mass is 542 g/mol. The first-order valence-corrected chi connectivity index (χ1v) is 15.6. The number of aryl methyl sites for hydroxylation is 2. The molecule has 2 aliphatic carbocycles. The second kappa shape index (κ2) is 8.49. The van der Waals surface area contributed by atoms with Crippen LogP contribution in [0.4, 0.5) is 0 Å². The van der Waals surface area contributed by atoms with Gasteiger partial charge in [0.1, 0.15) is 22.3 Å². The fourth-order valence-corrected chi connectivity index (χ4v) is 8.40. The number of rotatable bonds is 2. The molecule has 0 unspecified atom stereocenters. The molecule has 2 nitrogen and oxygen atoms in total. The summed E-state index contributed by atoms with van der Waals surface area (Å²) in [6.07, 6.45) is 9.78. The van der Waals surface area contributed by atoms with Crippen molar-refractivity contribution in [3.8, 4) is 33.4 Å². The fourth-order valence-electron chi connectivity index (χ4n) is 8.40. The average molecular weight is 543 g/mol. The molecule has 0 bridgehead atoms. The lowest BCUT2D eigenvalue weighted by molar-refractivity contribution is 0.646. The molecule has 2 heteroatoms. The van der Waals surface area contributed by atoms with Crippen LogP contribution in [0.1, 0.15) is 47.9 Å². The van der Waals surface area contributed by atoms with Gasteiger partial charge in [0, 0.05) is 21.9 Å². The molecule has 10 rings (SSSR count). The van der Waals surface area contributed by atoms with Crippen molar-refractivity contribution >= 4 is 43.9 Å². The molecular weight excluding hydrogens is 512 g/mol. The van der Waals surface area contributed by atoms with Crippen LogP contribution in [0.5, 0.6) is 0 Å². The summed E-state index contributed by atoms with van der Waals surface area (Å²) in [7, 11) is 0. The summed E-state index contributed by atoms with van der Waals surface area (Å²) in [5.41, 5.74) is 17.4. The Labute approximate surface area is 244 Å². The van der Waals surface area contributed by atoms with Gasteiger partial charge in [-0.3, -0.25) is 0 Å². The van der Waals surface area contributed by atoms with E-state index in [0.717, 1.165) is 35.2 Å². The second-order valence-electron chi connectivity index (χ2n) is 12.4. The highest BCUT2D eigenvalue weighted by Gasteiger charge is 2.27. The standard InChI is InChI=1S/C40H30O2/c1-3-11-25-23(7-1)9-5-13-27(25)29-15-19-33-37-31(29)17-21-35-39(37)40-36(41-33)22-18-32-30(16-20-34(42-35)38(32)40)28-14-6-10-24-8-2-4-12-26(24)28/h5-6,9-10,13-22H,1-4,7-8,11-12H2. The van der Waals surface area contributed by atoms with E-state index >= 15 is 0 Å². The normalized spacial score (nSPS) is 15.3. The summed E-state index contributed by atoms with van der Waals surface area (Å²) in [5.74, 6) is 0. The highest BCUT2D eigenvalue weighted by atomic mass is 16.3. The van der Waals surface area contributed by atoms with E-state index in [2.05, 4.69) is 84.9 Å². The Morgan fingerprint density at radius 2 is 0.833 bits per heavy atom. The van der Waals surface area contributed by atoms with Gasteiger partial charge >= 0.3 is 0 Å². The number of hydrogen-bond acceptors (Lipinski definition) is 2. The van der Waals surface area contributed by atoms with Crippen LogP contribution in [0.3, 0.4) is 0 Å². The molecule has 0 radical (unpaired) electrons. The Kier molecular flexibility index (Phi) is 4.66. The Morgan fingerprint density at radius 3 is 1.33 bits per heavy atom. The molecule has 202 valence electrons. The van der Waals surface area contributed by atoms with Crippen LogP contribution in [-0.2, 0) is 25.7 Å². The quantitative estimate of drug-likeness (QED) is 0.160. The molecule has 42 heavy (non-hydrogen) atoms. The first kappa shape index (κ1) is 23.1. The Balaban J connectivity index is 1.28. The molecule has 0 spiro atoms. The van der Waals surface area contributed by atoms with Crippen LogP contribution < -0.4 is 0 Å². The van der Waals surface area contributed by atoms with E-state index in [0.29, 0.717) is 0 Å². The van der Waals surface area contributed by atoms with Crippen molar-refractivity contribution in [3.05, 3.63) is 107 Å². The molecule has 0 atom stereocenters. The van der Waals surface area contributed by atoms with Crippen molar-refractivity contribution in [2.75, 3.05) is 0 Å². The van der Waals surface area contributed by atoms with Crippen molar-refractivity contribution in [2.45, 2.75) is 51.4 Å². The highest BCUT2D eigenvalue weighted by molar-refractivity contribution is 6.26. The minimum absolute atomic E-state index is 0.919. The van der Waals surface area contributed by atoms with Crippen LogP contribution >= 0.6 is 0 Å². The summed E-state index contributed by atoms with van der Waals surface area (Å²) in [4.78, 5) is 0. The summed E-state index contributed by atoms with van der Waals surface area (Å²) in [5, 5.41) is 4.83. The van der Waals surface area contributed by atoms with Gasteiger partial charge in [-0.1, -0.05) is 48.5 Å². The first-order chi connectivity index (χ1) is 20.8. The van der Waals surface area contributed by atoms with E-state index in [9.17, 15) is 0 Å². The molecule has 2 aliphatic heterocycles. The highest BCUT2D eigenvalue weighted by Crippen LogP contribution is 2.51. The SMILES string of the molecule is c1cc2c(c(-c3ccc4oc5ccc6c(-c7cccc8c7CCCC8)ccc7oc8ccc3c4c8-c5c76)c1)CCCC2. The van der Waals surface area contributed by atoms with Crippen molar-refractivity contribution in [2.24, 2.45) is 0 Å². The van der Waals surface area contributed by atoms with Gasteiger partial charge < -0.3 is 8.83 Å². The lowest BCUT2D eigenvalue weighted by Gasteiger charge is -2.24. The van der Waals surface area contributed by atoms with E-state index in [4.69, 9.17) is 8.83 Å². The molecule has 0 N–H and O–H groups in total. The lowest BCUT2D eigenvalue weighted by Crippen LogP contribution is -2.05. The molecule has 0 amide bonds. The van der Waals surface area contributed by atoms with Gasteiger partial charge in [-0.15, -0.1) is 0 Å². The maximum Gasteiger partial charge on any atom is 0.136 e. The van der Waals surface area contributed by atoms with Gasteiger partial charge in [0.25, 0.3) is 0 Å². The summed E-state index contributed by atoms with van der Waals surface area (Å²) in [6.45, 7) is 0. The van der Waals surface area contributed by atoms with Crippen molar-refractivity contribution in [1.82, 2.24) is 0 Å². The van der Waals surface area contributed by atoms with Crippen molar-refractivity contribution in [3.63, 3.8) is 0 Å². The summed E-state index contributed by atoms with van der Waals surface area (Å²) < 4.78 is 13.4. The Hall–Kier alpha value is -4.56. The molecule has 2 heterocycles. The zero-order chi connectivity index (χ0) is 27.4. The third kappa shape index (κ3) is 3.05. The predicted octanol–water partition coefficient (Wildman–Crippen LogP) is 11.1. The third-order valence-electron chi connectivity index (χ3n) is 10.3. The zero-order valence-corrected chi connectivity index (χ0v) is 23.6. The first-order valence-electron chi connectivity index (χ1n) is 15.6. The fraction of sp³-hybridized carbons (Fsp3) is 0.200. The zero-order valence-electron chi connectivity index (χ0n) is 23.6. The smallest absolute Gasteiger partial charge is 0.136 e. The predicted molar refractivity (Wildman–Crippen MR) is 173 cm³/mol. The van der Waals surface area contributed by atoms with E-state index in [1.807, 2.05) is 0 Å². The maximum atomic E-state index is 6.72. The minimum atomic E-state index is 0.919. The number of hydrogen-bond donors (Lipinski definition) is 0. The molecule has 6 aromatic rings. The van der Waals surface area contributed by atoms with E-state index < -0.39 is 0 Å². The molecule has 0 saturated carbocycles. The topological polar surface area (TPSA) is 26.3 Å². The largest absolute Gasteiger partial charge is 0.456 e. The van der Waals surface area contributed by atoms with E-state index in [-0.39, 0.29) is 0 Å². The third-order valence-corrected chi connectivity index (χ3v) is 10.3. The van der Waals surface area contributed by atoms with Crippen LogP contribution in [0.15, 0.2) is 93.8 Å². The molecule has 4 aliphatic rings. The number of fused-ring (bicyclic) bond motifs is 2. The number of benzene rings is 6. The summed E-state index contributed by atoms with van der Waals surface area (Å²) >= 11 is 0. The van der Waals surface area contributed by atoms with Crippen LogP contribution in [-0.4, -0.2) is 0 Å². The van der Waals surface area contributed by atoms with Gasteiger partial charge in [0.15, 0.2) is 0 Å². The maximum absolute atomic E-state index is 6.72. The van der Waals surface area contributed by atoms with Crippen LogP contribution in [0.25, 0.3) is 77.3 Å². The average Bonchev–Trinajstić information content (AvgIpc) is 3.05. The molecular formula is C40H30O2. The Bertz CT molecular complexity index is 2140. The minimum Gasteiger partial charge on any atom is -0.456 e. The van der Waals surface area contributed by atoms with Crippen LogP contribution in [0, 0.1) is 0 Å². The van der Waals surface area contributed by atoms with Gasteiger partial charge in [-0.25, -0.2) is 0 Å². The van der Waals surface area contributed by atoms with Gasteiger partial charge in [-0.2, -0.15) is 0 Å². The van der Waals surface area contributed by atoms with E-state index in [1.165, 1.54) is 116 Å². The Morgan fingerprint density at radius 1 is 0.381 bits per heavy atom. The van der Waals surface area contributed by atoms with Crippen molar-refractivity contribution < 1.29 is 8.83 Å². The second-order valence-corrected chi connectivity index (χ2v) is 12.4.